The van der Waals surface area contributed by atoms with Crippen LogP contribution in [0.25, 0.3) is 27.1 Å². The van der Waals surface area contributed by atoms with Gasteiger partial charge in [0.05, 0.1) is 42.2 Å². The van der Waals surface area contributed by atoms with E-state index in [1.54, 1.807) is 24.8 Å². The summed E-state index contributed by atoms with van der Waals surface area (Å²) in [6, 6.07) is 4.99. The molecule has 2 amide bonds. The van der Waals surface area contributed by atoms with Crippen LogP contribution in [0.15, 0.2) is 35.8 Å². The molecule has 2 heterocycles. The van der Waals surface area contributed by atoms with Crippen molar-refractivity contribution in [2.45, 2.75) is 6.42 Å². The fourth-order valence-electron chi connectivity index (χ4n) is 3.18. The number of hydrazone groups is 1. The largest absolute Gasteiger partial charge is 0.350 e. The summed E-state index contributed by atoms with van der Waals surface area (Å²) in [5, 5.41) is 6.96. The normalized spacial score (nSPS) is 11.4. The SMILES string of the molecule is [C-]#[N+]CCc1cc2c(C=NN(CCN(C)C)C(N)=O)cc(-c3cncn3C)nc2cc1Cl. The number of hydrogen-bond donors (Lipinski definition) is 1. The van der Waals surface area contributed by atoms with E-state index in [1.165, 1.54) is 5.01 Å². The van der Waals surface area contributed by atoms with Crippen molar-refractivity contribution in [3.63, 3.8) is 0 Å². The highest BCUT2D eigenvalue weighted by Gasteiger charge is 2.14. The molecule has 10 heteroatoms. The van der Waals surface area contributed by atoms with Gasteiger partial charge in [-0.1, -0.05) is 11.6 Å². The van der Waals surface area contributed by atoms with Gasteiger partial charge in [-0.05, 0) is 37.9 Å². The van der Waals surface area contributed by atoms with E-state index in [4.69, 9.17) is 28.9 Å². The summed E-state index contributed by atoms with van der Waals surface area (Å²) < 4.78 is 1.87. The third kappa shape index (κ3) is 5.41. The number of benzene rings is 1. The van der Waals surface area contributed by atoms with Crippen LogP contribution < -0.4 is 5.73 Å². The van der Waals surface area contributed by atoms with Crippen LogP contribution in [0, 0.1) is 6.57 Å². The molecular formula is C22H25ClN8O. The van der Waals surface area contributed by atoms with Crippen molar-refractivity contribution >= 4 is 34.7 Å². The number of urea groups is 1. The summed E-state index contributed by atoms with van der Waals surface area (Å²) in [5.41, 5.74) is 9.33. The van der Waals surface area contributed by atoms with Crippen LogP contribution in [-0.2, 0) is 13.5 Å². The number of fused-ring (bicyclic) bond motifs is 1. The molecule has 3 aromatic rings. The van der Waals surface area contributed by atoms with E-state index in [-0.39, 0.29) is 0 Å². The average molecular weight is 453 g/mol. The van der Waals surface area contributed by atoms with Gasteiger partial charge < -0.3 is 20.0 Å². The molecule has 0 spiro atoms. The summed E-state index contributed by atoms with van der Waals surface area (Å²) in [4.78, 5) is 26.2. The van der Waals surface area contributed by atoms with Crippen LogP contribution in [-0.4, -0.2) is 70.4 Å². The van der Waals surface area contributed by atoms with Crippen molar-refractivity contribution in [2.75, 3.05) is 33.7 Å². The molecule has 0 atom stereocenters. The highest BCUT2D eigenvalue weighted by Crippen LogP contribution is 2.29. The maximum Gasteiger partial charge on any atom is 0.335 e. The number of rotatable bonds is 8. The molecule has 2 aromatic heterocycles. The minimum Gasteiger partial charge on any atom is -0.350 e. The Hall–Kier alpha value is -3.48. The average Bonchev–Trinajstić information content (AvgIpc) is 3.17. The molecule has 2 N–H and O–H groups in total. The number of primary amides is 1. The maximum atomic E-state index is 11.9. The first kappa shape index (κ1) is 23.2. The van der Waals surface area contributed by atoms with Crippen molar-refractivity contribution in [1.82, 2.24) is 24.4 Å². The number of aryl methyl sites for hydroxylation is 1. The van der Waals surface area contributed by atoms with Gasteiger partial charge in [0.2, 0.25) is 6.54 Å². The van der Waals surface area contributed by atoms with E-state index in [2.05, 4.69) is 14.9 Å². The minimum atomic E-state index is -0.630. The van der Waals surface area contributed by atoms with E-state index >= 15 is 0 Å². The number of aromatic nitrogens is 3. The first-order chi connectivity index (χ1) is 15.3. The Labute approximate surface area is 191 Å². The van der Waals surface area contributed by atoms with Crippen molar-refractivity contribution in [2.24, 2.45) is 17.9 Å². The molecule has 0 saturated carbocycles. The number of nitrogens with zero attached hydrogens (tertiary/aromatic N) is 7. The van der Waals surface area contributed by atoms with E-state index in [1.807, 2.05) is 42.7 Å². The quantitative estimate of drug-likeness (QED) is 0.322. The van der Waals surface area contributed by atoms with Crippen LogP contribution in [0.2, 0.25) is 5.02 Å². The number of hydrogen-bond acceptors (Lipinski definition) is 5. The van der Waals surface area contributed by atoms with Gasteiger partial charge in [-0.25, -0.2) is 26.3 Å². The maximum absolute atomic E-state index is 11.9. The smallest absolute Gasteiger partial charge is 0.335 e. The number of carbonyl (C=O) groups is 1. The van der Waals surface area contributed by atoms with Crippen molar-refractivity contribution in [3.05, 3.63) is 58.3 Å². The molecule has 9 nitrogen and oxygen atoms in total. The molecule has 0 radical (unpaired) electrons. The highest BCUT2D eigenvalue weighted by atomic mass is 35.5. The number of likely N-dealkylation sites (N-methyl/N-ethyl adjacent to an activating group) is 1. The zero-order chi connectivity index (χ0) is 23.3. The Kier molecular flexibility index (Phi) is 7.41. The van der Waals surface area contributed by atoms with Crippen molar-refractivity contribution < 1.29 is 4.79 Å². The second-order valence-corrected chi connectivity index (χ2v) is 8.00. The third-order valence-electron chi connectivity index (χ3n) is 4.93. The molecule has 0 bridgehead atoms. The second-order valence-electron chi connectivity index (χ2n) is 7.59. The van der Waals surface area contributed by atoms with E-state index in [0.29, 0.717) is 42.3 Å². The zero-order valence-electron chi connectivity index (χ0n) is 18.3. The summed E-state index contributed by atoms with van der Waals surface area (Å²) >= 11 is 6.47. The molecule has 0 saturated heterocycles. The Morgan fingerprint density at radius 3 is 2.75 bits per heavy atom. The van der Waals surface area contributed by atoms with E-state index in [9.17, 15) is 4.79 Å². The second kappa shape index (κ2) is 10.2. The lowest BCUT2D eigenvalue weighted by Gasteiger charge is -2.17. The number of halogens is 1. The van der Waals surface area contributed by atoms with Gasteiger partial charge >= 0.3 is 6.03 Å². The third-order valence-corrected chi connectivity index (χ3v) is 5.28. The highest BCUT2D eigenvalue weighted by molar-refractivity contribution is 6.32. The van der Waals surface area contributed by atoms with Gasteiger partial charge in [0.25, 0.3) is 0 Å². The molecule has 0 unspecified atom stereocenters. The van der Waals surface area contributed by atoms with Gasteiger partial charge in [0.15, 0.2) is 0 Å². The lowest BCUT2D eigenvalue weighted by atomic mass is 10.0. The number of amides is 2. The summed E-state index contributed by atoms with van der Waals surface area (Å²) in [6.07, 6.45) is 5.57. The Balaban J connectivity index is 2.12. The van der Waals surface area contributed by atoms with Crippen LogP contribution in [0.3, 0.4) is 0 Å². The van der Waals surface area contributed by atoms with Crippen molar-refractivity contribution in [3.8, 4) is 11.4 Å². The molecule has 0 aliphatic heterocycles. The van der Waals surface area contributed by atoms with E-state index < -0.39 is 6.03 Å². The van der Waals surface area contributed by atoms with Crippen LogP contribution in [0.4, 0.5) is 4.79 Å². The number of pyridine rings is 1. The molecule has 1 aromatic carbocycles. The van der Waals surface area contributed by atoms with Crippen LogP contribution in [0.5, 0.6) is 0 Å². The Bertz CT molecular complexity index is 1190. The first-order valence-electron chi connectivity index (χ1n) is 9.99. The zero-order valence-corrected chi connectivity index (χ0v) is 19.0. The molecule has 0 aliphatic carbocycles. The number of carbonyl (C=O) groups excluding carboxylic acids is 1. The van der Waals surface area contributed by atoms with Crippen LogP contribution in [0.1, 0.15) is 11.1 Å². The molecule has 0 aliphatic rings. The predicted molar refractivity (Wildman–Crippen MR) is 127 cm³/mol. The van der Waals surface area contributed by atoms with Crippen molar-refractivity contribution in [1.29, 1.82) is 0 Å². The number of imidazole rings is 1. The number of nitrogens with two attached hydrogens (primary N) is 1. The summed E-state index contributed by atoms with van der Waals surface area (Å²) in [6.45, 7) is 8.39. The molecule has 3 rings (SSSR count). The first-order valence-corrected chi connectivity index (χ1v) is 10.4. The lowest BCUT2D eigenvalue weighted by molar-refractivity contribution is 0.204. The van der Waals surface area contributed by atoms with Gasteiger partial charge in [-0.2, -0.15) is 5.10 Å². The van der Waals surface area contributed by atoms with Gasteiger partial charge in [-0.15, -0.1) is 0 Å². The van der Waals surface area contributed by atoms with Gasteiger partial charge in [-0.3, -0.25) is 0 Å². The Morgan fingerprint density at radius 1 is 1.34 bits per heavy atom. The van der Waals surface area contributed by atoms with Gasteiger partial charge in [0.1, 0.15) is 0 Å². The summed E-state index contributed by atoms with van der Waals surface area (Å²) in [5.74, 6) is 0. The topological polar surface area (TPSA) is 97.0 Å². The molecule has 32 heavy (non-hydrogen) atoms. The fraction of sp³-hybridized carbons (Fsp3) is 0.318. The minimum absolute atomic E-state index is 0.342. The summed E-state index contributed by atoms with van der Waals surface area (Å²) in [7, 11) is 5.71. The Morgan fingerprint density at radius 2 is 2.12 bits per heavy atom. The molecule has 0 fully saturated rings. The monoisotopic (exact) mass is 452 g/mol. The standard InChI is InChI=1S/C22H25ClN8O/c1-25-6-5-15-9-17-16(12-27-31(22(24)32)8-7-29(2)3)10-20(21-13-26-14-30(21)4)28-19(17)11-18(15)23/h9-14H,5-8H2,2-4H3,(H2,24,32). The van der Waals surface area contributed by atoms with Crippen LogP contribution >= 0.6 is 11.6 Å². The lowest BCUT2D eigenvalue weighted by Crippen LogP contribution is -2.36. The fourth-order valence-corrected chi connectivity index (χ4v) is 3.43. The van der Waals surface area contributed by atoms with Gasteiger partial charge in [0, 0.05) is 36.0 Å². The molecule has 166 valence electrons. The predicted octanol–water partition coefficient (Wildman–Crippen LogP) is 3.03. The van der Waals surface area contributed by atoms with E-state index in [0.717, 1.165) is 22.2 Å². The molecular weight excluding hydrogens is 428 g/mol.